The monoisotopic (exact) mass is 149 g/mol. The molecule has 2 N–H and O–H groups in total. The summed E-state index contributed by atoms with van der Waals surface area (Å²) in [4.78, 5) is 0. The third kappa shape index (κ3) is 8.58. The van der Waals surface area contributed by atoms with Gasteiger partial charge in [-0.3, -0.25) is 0 Å². The minimum atomic E-state index is 0.785. The fourth-order valence-electron chi connectivity index (χ4n) is 0.371. The standard InChI is InChI=1S/C8H9N.C2H6/c1-3-5-8(4-2)6-7-9;1-2/h3-5H,1-2,9H2;1-2H3/b8-5+;. The molecule has 0 unspecified atom stereocenters. The first kappa shape index (κ1) is 12.3. The van der Waals surface area contributed by atoms with E-state index in [9.17, 15) is 0 Å². The Balaban J connectivity index is 0. The van der Waals surface area contributed by atoms with Crippen molar-refractivity contribution in [1.29, 1.82) is 0 Å². The van der Waals surface area contributed by atoms with Gasteiger partial charge in [-0.1, -0.05) is 39.2 Å². The summed E-state index contributed by atoms with van der Waals surface area (Å²) in [7, 11) is 0. The zero-order chi connectivity index (χ0) is 9.11. The number of hydrogen-bond donors (Lipinski definition) is 1. The van der Waals surface area contributed by atoms with E-state index in [0.29, 0.717) is 0 Å². The average molecular weight is 149 g/mol. The zero-order valence-corrected chi connectivity index (χ0v) is 7.22. The Morgan fingerprint density at radius 1 is 1.36 bits per heavy atom. The fraction of sp³-hybridized carbons (Fsp3) is 0.200. The number of allylic oxidation sites excluding steroid dienone is 4. The molecule has 0 saturated heterocycles. The Hall–Kier alpha value is -1.42. The van der Waals surface area contributed by atoms with Crippen LogP contribution in [0.5, 0.6) is 0 Å². The molecule has 0 heterocycles. The Morgan fingerprint density at radius 2 is 1.91 bits per heavy atom. The molecule has 0 atom stereocenters. The lowest BCUT2D eigenvalue weighted by Gasteiger charge is -1.81. The van der Waals surface area contributed by atoms with E-state index in [-0.39, 0.29) is 0 Å². The van der Waals surface area contributed by atoms with Crippen molar-refractivity contribution in [1.82, 2.24) is 0 Å². The van der Waals surface area contributed by atoms with Crippen molar-refractivity contribution in [2.24, 2.45) is 5.73 Å². The lowest BCUT2D eigenvalue weighted by Crippen LogP contribution is -1.77. The Morgan fingerprint density at radius 3 is 2.18 bits per heavy atom. The van der Waals surface area contributed by atoms with Crippen LogP contribution in [0.3, 0.4) is 0 Å². The molecule has 0 radical (unpaired) electrons. The van der Waals surface area contributed by atoms with E-state index in [1.54, 1.807) is 18.2 Å². The Kier molecular flexibility index (Phi) is 12.7. The van der Waals surface area contributed by atoms with Crippen LogP contribution in [0.2, 0.25) is 0 Å². The van der Waals surface area contributed by atoms with Crippen LogP contribution in [0.15, 0.2) is 37.0 Å². The summed E-state index contributed by atoms with van der Waals surface area (Å²) >= 11 is 0. The van der Waals surface area contributed by atoms with Crippen molar-refractivity contribution >= 4 is 0 Å². The smallest absolute Gasteiger partial charge is 0.0257 e. The quantitative estimate of drug-likeness (QED) is 0.363. The molecule has 0 aromatic carbocycles. The highest BCUT2D eigenvalue weighted by Crippen LogP contribution is 1.91. The normalized spacial score (nSPS) is 8.00. The maximum atomic E-state index is 4.95. The molecule has 0 aliphatic heterocycles. The highest BCUT2D eigenvalue weighted by molar-refractivity contribution is 5.38. The minimum Gasteiger partial charge on any atom is -0.359 e. The number of hydrogen-bond acceptors (Lipinski definition) is 1. The molecule has 0 spiro atoms. The van der Waals surface area contributed by atoms with Crippen molar-refractivity contribution in [3.63, 3.8) is 0 Å². The molecular formula is C10H15N. The van der Waals surface area contributed by atoms with Gasteiger partial charge >= 0.3 is 0 Å². The summed E-state index contributed by atoms with van der Waals surface area (Å²) in [6.45, 7) is 11.0. The van der Waals surface area contributed by atoms with Crippen LogP contribution in [-0.4, -0.2) is 0 Å². The van der Waals surface area contributed by atoms with Gasteiger partial charge < -0.3 is 5.73 Å². The van der Waals surface area contributed by atoms with E-state index in [1.807, 2.05) is 13.8 Å². The molecule has 0 bridgehead atoms. The first-order chi connectivity index (χ1) is 5.35. The summed E-state index contributed by atoms with van der Waals surface area (Å²) in [6, 6.07) is 2.27. The highest BCUT2D eigenvalue weighted by atomic mass is 14.5. The molecule has 0 amide bonds. The first-order valence-electron chi connectivity index (χ1n) is 3.52. The van der Waals surface area contributed by atoms with Crippen molar-refractivity contribution in [3.8, 4) is 12.0 Å². The zero-order valence-electron chi connectivity index (χ0n) is 7.22. The Labute approximate surface area is 69.3 Å². The summed E-state index contributed by atoms with van der Waals surface area (Å²) in [5.41, 5.74) is 5.74. The van der Waals surface area contributed by atoms with Crippen LogP contribution >= 0.6 is 0 Å². The van der Waals surface area contributed by atoms with E-state index in [0.717, 1.165) is 5.57 Å². The van der Waals surface area contributed by atoms with Crippen molar-refractivity contribution in [2.75, 3.05) is 0 Å². The van der Waals surface area contributed by atoms with Gasteiger partial charge in [0.1, 0.15) is 0 Å². The molecule has 0 aliphatic carbocycles. The predicted octanol–water partition coefficient (Wildman–Crippen LogP) is 2.23. The van der Waals surface area contributed by atoms with Crippen LogP contribution in [0.25, 0.3) is 0 Å². The summed E-state index contributed by atoms with van der Waals surface area (Å²) < 4.78 is 0. The highest BCUT2D eigenvalue weighted by Gasteiger charge is 1.76. The van der Waals surface area contributed by atoms with Gasteiger partial charge in [0, 0.05) is 11.6 Å². The van der Waals surface area contributed by atoms with Gasteiger partial charge in [-0.2, -0.15) is 0 Å². The molecule has 0 aromatic rings. The molecule has 0 aliphatic rings. The second-order valence-corrected chi connectivity index (χ2v) is 1.33. The average Bonchev–Trinajstić information content (AvgIpc) is 2.08. The summed E-state index contributed by atoms with van der Waals surface area (Å²) in [6.07, 6.45) is 5.01. The molecule has 1 nitrogen and oxygen atoms in total. The van der Waals surface area contributed by atoms with E-state index < -0.39 is 0 Å². The van der Waals surface area contributed by atoms with Crippen LogP contribution in [-0.2, 0) is 0 Å². The number of rotatable bonds is 2. The predicted molar refractivity (Wildman–Crippen MR) is 51.8 cm³/mol. The summed E-state index contributed by atoms with van der Waals surface area (Å²) in [5, 5.41) is 0. The van der Waals surface area contributed by atoms with Gasteiger partial charge in [0.25, 0.3) is 0 Å². The topological polar surface area (TPSA) is 26.0 Å². The van der Waals surface area contributed by atoms with Crippen LogP contribution in [0, 0.1) is 12.0 Å². The van der Waals surface area contributed by atoms with Crippen molar-refractivity contribution in [3.05, 3.63) is 37.0 Å². The molecule has 1 heteroatoms. The van der Waals surface area contributed by atoms with Crippen LogP contribution in [0.1, 0.15) is 13.8 Å². The molecule has 0 aromatic heterocycles. The SMILES string of the molecule is C=C/C=C(/C#CN)C=C.CC. The number of nitrogens with two attached hydrogens (primary N) is 1. The van der Waals surface area contributed by atoms with E-state index in [2.05, 4.69) is 25.1 Å². The van der Waals surface area contributed by atoms with Gasteiger partial charge in [-0.25, -0.2) is 0 Å². The second-order valence-electron chi connectivity index (χ2n) is 1.33. The molecule has 11 heavy (non-hydrogen) atoms. The summed E-state index contributed by atoms with van der Waals surface area (Å²) in [5.74, 6) is 2.63. The van der Waals surface area contributed by atoms with Gasteiger partial charge in [0.15, 0.2) is 0 Å². The Bertz CT molecular complexity index is 189. The van der Waals surface area contributed by atoms with E-state index >= 15 is 0 Å². The maximum absolute atomic E-state index is 4.95. The minimum absolute atomic E-state index is 0.785. The van der Waals surface area contributed by atoms with Crippen molar-refractivity contribution in [2.45, 2.75) is 13.8 Å². The molecule has 0 fully saturated rings. The fourth-order valence-corrected chi connectivity index (χ4v) is 0.371. The molecule has 60 valence electrons. The van der Waals surface area contributed by atoms with Gasteiger partial charge in [0.2, 0.25) is 0 Å². The third-order valence-corrected chi connectivity index (χ3v) is 0.734. The maximum Gasteiger partial charge on any atom is 0.0257 e. The van der Waals surface area contributed by atoms with Gasteiger partial charge in [-0.05, 0) is 12.0 Å². The molecular weight excluding hydrogens is 134 g/mol. The van der Waals surface area contributed by atoms with Crippen LogP contribution in [0.4, 0.5) is 0 Å². The lowest BCUT2D eigenvalue weighted by molar-refractivity contribution is 1.50. The second kappa shape index (κ2) is 11.4. The third-order valence-electron chi connectivity index (χ3n) is 0.734. The van der Waals surface area contributed by atoms with Gasteiger partial charge in [0.05, 0.1) is 0 Å². The molecule has 0 rings (SSSR count). The molecule has 0 saturated carbocycles. The van der Waals surface area contributed by atoms with E-state index in [1.165, 1.54) is 0 Å². The van der Waals surface area contributed by atoms with Crippen molar-refractivity contribution < 1.29 is 0 Å². The lowest BCUT2D eigenvalue weighted by atomic mass is 10.2. The largest absolute Gasteiger partial charge is 0.359 e. The van der Waals surface area contributed by atoms with Crippen LogP contribution < -0.4 is 5.73 Å². The van der Waals surface area contributed by atoms with Gasteiger partial charge in [-0.15, -0.1) is 0 Å². The van der Waals surface area contributed by atoms with E-state index in [4.69, 9.17) is 5.73 Å². The first-order valence-corrected chi connectivity index (χ1v) is 3.52.